The highest BCUT2D eigenvalue weighted by molar-refractivity contribution is 5.97. The molecule has 25 nitrogen and oxygen atoms in total. The third-order valence-corrected chi connectivity index (χ3v) is 7.65. The van der Waals surface area contributed by atoms with Gasteiger partial charge in [0, 0.05) is 6.42 Å². The van der Waals surface area contributed by atoms with E-state index in [0.717, 1.165) is 6.92 Å². The highest BCUT2D eigenvalue weighted by Gasteiger charge is 2.29. The lowest BCUT2D eigenvalue weighted by Gasteiger charge is -2.22. The van der Waals surface area contributed by atoms with E-state index in [1.165, 1.54) is 19.1 Å². The van der Waals surface area contributed by atoms with Crippen LogP contribution < -0.4 is 48.3 Å². The molecule has 0 aliphatic heterocycles. The Kier molecular flexibility index (Phi) is 20.8. The number of aromatic hydroxyl groups is 1. The lowest BCUT2D eigenvalue weighted by atomic mass is 10.1. The molecule has 0 aromatic heterocycles. The predicted molar refractivity (Wildman–Crippen MR) is 194 cm³/mol. The molecule has 0 spiro atoms. The highest BCUT2D eigenvalue weighted by atomic mass is 16.4. The number of carbonyl (C=O) groups is 11. The van der Waals surface area contributed by atoms with Crippen molar-refractivity contribution in [3.05, 3.63) is 29.8 Å². The number of carboxylic acid groups (broad SMARTS) is 3. The molecule has 320 valence electrons. The normalized spacial score (nSPS) is 13.7. The fraction of sp³-hybridized carbons (Fsp3) is 0.485. The van der Waals surface area contributed by atoms with Crippen LogP contribution in [-0.4, -0.2) is 153 Å². The summed E-state index contributed by atoms with van der Waals surface area (Å²) in [6.07, 6.45) is -1.91. The summed E-state index contributed by atoms with van der Waals surface area (Å²) in [7, 11) is 0. The van der Waals surface area contributed by atoms with Gasteiger partial charge in [0.15, 0.2) is 0 Å². The Morgan fingerprint density at radius 1 is 0.586 bits per heavy atom. The number of amides is 8. The summed E-state index contributed by atoms with van der Waals surface area (Å²) < 4.78 is 0. The van der Waals surface area contributed by atoms with Crippen molar-refractivity contribution in [1.29, 1.82) is 0 Å². The van der Waals surface area contributed by atoms with Crippen LogP contribution in [0, 0.1) is 0 Å². The van der Waals surface area contributed by atoms with E-state index in [1.54, 1.807) is 12.1 Å². The molecule has 0 bridgehead atoms. The fourth-order valence-electron chi connectivity index (χ4n) is 4.49. The first-order chi connectivity index (χ1) is 27.1. The molecule has 0 unspecified atom stereocenters. The Morgan fingerprint density at radius 3 is 1.66 bits per heavy atom. The molecule has 1 aromatic rings. The molecule has 15 N–H and O–H groups in total. The van der Waals surface area contributed by atoms with Crippen LogP contribution in [0.3, 0.4) is 0 Å². The number of nitrogens with one attached hydrogen (secondary N) is 8. The average Bonchev–Trinajstić information content (AvgIpc) is 3.15. The molecule has 25 heteroatoms. The van der Waals surface area contributed by atoms with Crippen molar-refractivity contribution in [1.82, 2.24) is 42.5 Å². The second-order valence-corrected chi connectivity index (χ2v) is 12.5. The van der Waals surface area contributed by atoms with Gasteiger partial charge in [-0.2, -0.15) is 0 Å². The maximum atomic E-state index is 12.8. The van der Waals surface area contributed by atoms with E-state index in [2.05, 4.69) is 31.9 Å². The Balaban J connectivity index is 2.60. The summed E-state index contributed by atoms with van der Waals surface area (Å²) >= 11 is 0. The van der Waals surface area contributed by atoms with Crippen molar-refractivity contribution in [3.63, 3.8) is 0 Å². The van der Waals surface area contributed by atoms with Gasteiger partial charge in [-0.1, -0.05) is 12.1 Å². The number of carboxylic acids is 3. The van der Waals surface area contributed by atoms with Gasteiger partial charge in [-0.15, -0.1) is 0 Å². The number of nitrogens with two attached hydrogens (primary N) is 1. The highest BCUT2D eigenvalue weighted by Crippen LogP contribution is 2.11. The van der Waals surface area contributed by atoms with Crippen molar-refractivity contribution in [3.8, 4) is 5.75 Å². The van der Waals surface area contributed by atoms with E-state index in [-0.39, 0.29) is 12.2 Å². The molecular weight excluding hydrogens is 778 g/mol. The van der Waals surface area contributed by atoms with Crippen molar-refractivity contribution < 1.29 is 78.3 Å². The van der Waals surface area contributed by atoms with Gasteiger partial charge in [-0.05, 0) is 44.4 Å². The number of carbonyl (C=O) groups excluding carboxylic acids is 8. The molecule has 0 aliphatic carbocycles. The number of hydrogen-bond donors (Lipinski definition) is 14. The number of aliphatic hydroxyl groups excluding tert-OH is 1. The van der Waals surface area contributed by atoms with E-state index >= 15 is 0 Å². The first-order valence-electron chi connectivity index (χ1n) is 17.3. The van der Waals surface area contributed by atoms with Gasteiger partial charge >= 0.3 is 17.9 Å². The number of hydrogen-bond acceptors (Lipinski definition) is 14. The van der Waals surface area contributed by atoms with Crippen LogP contribution in [-0.2, 0) is 59.2 Å². The van der Waals surface area contributed by atoms with Crippen molar-refractivity contribution in [2.75, 3.05) is 26.2 Å². The Hall–Kier alpha value is -6.89. The summed E-state index contributed by atoms with van der Waals surface area (Å²) in [4.78, 5) is 133. The minimum atomic E-state index is -1.79. The standard InChI is InChI=1S/C33H47N9O16/c1-15(38-30(54)19(34)9-17-3-5-18(44)6-4-17)28(52)36-11-23(45)35-12-24(46)41-21(10-27(50)51)32(56)39-16(2)29(53)42-22(14-43)31(55)37-13-25(47)40-20(33(57)58)7-8-26(48)49/h3-6,15-16,19-22,43-44H,7-14,34H2,1-2H3,(H,35,45)(H,36,52)(H,37,55)(H,38,54)(H,39,56)(H,40,47)(H,41,46)(H,42,53)(H,48,49)(H,50,51)(H,57,58)/t15-,16-,19+,20-,21-,22-/m0/s1. The zero-order chi connectivity index (χ0) is 44.1. The summed E-state index contributed by atoms with van der Waals surface area (Å²) in [5.41, 5.74) is 6.53. The van der Waals surface area contributed by atoms with Crippen molar-refractivity contribution >= 4 is 65.2 Å². The summed E-state index contributed by atoms with van der Waals surface area (Å²) in [6.45, 7) is -0.875. The zero-order valence-electron chi connectivity index (χ0n) is 31.2. The van der Waals surface area contributed by atoms with Gasteiger partial charge in [0.2, 0.25) is 47.3 Å². The van der Waals surface area contributed by atoms with Crippen LogP contribution >= 0.6 is 0 Å². The Labute approximate surface area is 329 Å². The number of benzene rings is 1. The maximum Gasteiger partial charge on any atom is 0.326 e. The maximum absolute atomic E-state index is 12.8. The molecule has 8 amide bonds. The monoisotopic (exact) mass is 825 g/mol. The molecule has 0 radical (unpaired) electrons. The average molecular weight is 826 g/mol. The van der Waals surface area contributed by atoms with Gasteiger partial charge in [-0.3, -0.25) is 47.9 Å². The van der Waals surface area contributed by atoms with Crippen LogP contribution in [0.5, 0.6) is 5.75 Å². The molecule has 58 heavy (non-hydrogen) atoms. The van der Waals surface area contributed by atoms with Crippen LogP contribution in [0.2, 0.25) is 0 Å². The van der Waals surface area contributed by atoms with Crippen molar-refractivity contribution in [2.24, 2.45) is 5.73 Å². The Morgan fingerprint density at radius 2 is 1.10 bits per heavy atom. The van der Waals surface area contributed by atoms with Crippen LogP contribution in [0.1, 0.15) is 38.7 Å². The van der Waals surface area contributed by atoms with E-state index < -0.39 is 147 Å². The minimum Gasteiger partial charge on any atom is -0.508 e. The molecule has 0 fully saturated rings. The van der Waals surface area contributed by atoms with E-state index in [1.807, 2.05) is 10.6 Å². The largest absolute Gasteiger partial charge is 0.508 e. The molecule has 0 heterocycles. The quantitative estimate of drug-likeness (QED) is 0.0436. The number of rotatable bonds is 25. The molecule has 0 aliphatic rings. The lowest BCUT2D eigenvalue weighted by Crippen LogP contribution is -2.58. The number of aliphatic carboxylic acids is 3. The summed E-state index contributed by atoms with van der Waals surface area (Å²) in [5.74, 6) is -12.2. The fourth-order valence-corrected chi connectivity index (χ4v) is 4.49. The minimum absolute atomic E-state index is 0.0271. The summed E-state index contributed by atoms with van der Waals surface area (Å²) in [5, 5.41) is 63.1. The predicted octanol–water partition coefficient (Wildman–Crippen LogP) is -6.51. The van der Waals surface area contributed by atoms with E-state index in [4.69, 9.17) is 15.9 Å². The molecule has 1 rings (SSSR count). The topological polar surface area (TPSA) is 411 Å². The summed E-state index contributed by atoms with van der Waals surface area (Å²) in [6, 6.07) is -2.78. The lowest BCUT2D eigenvalue weighted by molar-refractivity contribution is -0.143. The van der Waals surface area contributed by atoms with Gasteiger partial charge in [0.1, 0.15) is 36.0 Å². The van der Waals surface area contributed by atoms with Crippen LogP contribution in [0.15, 0.2) is 24.3 Å². The number of phenolic OH excluding ortho intramolecular Hbond substituents is 1. The third kappa shape index (κ3) is 19.1. The SMILES string of the molecule is C[C@H](NC(=O)[C@H](N)Cc1ccc(O)cc1)C(=O)NCC(=O)NCC(=O)N[C@@H](CC(=O)O)C(=O)N[C@@H](C)C(=O)N[C@@H](CO)C(=O)NCC(=O)N[C@@H](CCC(=O)O)C(=O)O. The second-order valence-electron chi connectivity index (χ2n) is 12.5. The van der Waals surface area contributed by atoms with Gasteiger partial charge in [0.05, 0.1) is 38.7 Å². The molecule has 1 aromatic carbocycles. The Bertz CT molecular complexity index is 1690. The van der Waals surface area contributed by atoms with Gasteiger partial charge in [-0.25, -0.2) is 4.79 Å². The van der Waals surface area contributed by atoms with E-state index in [0.29, 0.717) is 5.56 Å². The van der Waals surface area contributed by atoms with Crippen molar-refractivity contribution in [2.45, 2.75) is 75.8 Å². The first-order valence-corrected chi connectivity index (χ1v) is 17.3. The first kappa shape index (κ1) is 49.1. The molecular formula is C33H47N9O16. The number of aliphatic hydroxyl groups is 1. The van der Waals surface area contributed by atoms with Gasteiger partial charge in [0.25, 0.3) is 0 Å². The molecule has 6 atom stereocenters. The van der Waals surface area contributed by atoms with E-state index in [9.17, 15) is 68.1 Å². The smallest absolute Gasteiger partial charge is 0.326 e. The zero-order valence-corrected chi connectivity index (χ0v) is 31.2. The van der Waals surface area contributed by atoms with Crippen LogP contribution in [0.25, 0.3) is 0 Å². The molecule has 0 saturated heterocycles. The third-order valence-electron chi connectivity index (χ3n) is 7.65. The van der Waals surface area contributed by atoms with Gasteiger partial charge < -0.3 is 73.8 Å². The molecule has 0 saturated carbocycles. The second kappa shape index (κ2) is 24.6. The number of phenols is 1. The van der Waals surface area contributed by atoms with Crippen LogP contribution in [0.4, 0.5) is 0 Å².